The molecular formula is C12H28BN. The van der Waals surface area contributed by atoms with Gasteiger partial charge in [0.2, 0.25) is 0 Å². The molecule has 1 nitrogen and oxygen atoms in total. The van der Waals surface area contributed by atoms with Gasteiger partial charge in [-0.25, -0.2) is 0 Å². The summed E-state index contributed by atoms with van der Waals surface area (Å²) in [7, 11) is 2.31. The van der Waals surface area contributed by atoms with E-state index in [1.54, 1.807) is 0 Å². The molecule has 84 valence electrons. The van der Waals surface area contributed by atoms with Crippen molar-refractivity contribution in [3.8, 4) is 0 Å². The van der Waals surface area contributed by atoms with Crippen molar-refractivity contribution in [3.05, 3.63) is 0 Å². The van der Waals surface area contributed by atoms with Crippen LogP contribution in [0.25, 0.3) is 0 Å². The lowest BCUT2D eigenvalue weighted by Gasteiger charge is -2.25. The summed E-state index contributed by atoms with van der Waals surface area (Å²) in [4.78, 5) is 0. The monoisotopic (exact) mass is 197 g/mol. The minimum atomic E-state index is 0.0760. The molecule has 0 aliphatic carbocycles. The van der Waals surface area contributed by atoms with Gasteiger partial charge < -0.3 is 5.73 Å². The smallest absolute Gasteiger partial charge is 0.108 e. The lowest BCUT2D eigenvalue weighted by atomic mass is 9.69. The molecule has 0 fully saturated rings. The summed E-state index contributed by atoms with van der Waals surface area (Å²) in [5.41, 5.74) is 6.25. The first-order chi connectivity index (χ1) is 6.27. The molecule has 14 heavy (non-hydrogen) atoms. The topological polar surface area (TPSA) is 26.0 Å². The Balaban J connectivity index is 3.54. The van der Waals surface area contributed by atoms with Gasteiger partial charge in [0.15, 0.2) is 0 Å². The predicted molar refractivity (Wildman–Crippen MR) is 68.6 cm³/mol. The third-order valence-electron chi connectivity index (χ3n) is 2.75. The van der Waals surface area contributed by atoms with Gasteiger partial charge >= 0.3 is 0 Å². The van der Waals surface area contributed by atoms with Gasteiger partial charge in [-0.3, -0.25) is 0 Å². The maximum Gasteiger partial charge on any atom is 0.108 e. The SMILES string of the molecule is BC(C)(C)CCCCC(C)(N)CCC. The maximum atomic E-state index is 6.18. The van der Waals surface area contributed by atoms with E-state index in [9.17, 15) is 0 Å². The zero-order valence-electron chi connectivity index (χ0n) is 10.8. The first kappa shape index (κ1) is 14.0. The molecule has 0 spiro atoms. The van der Waals surface area contributed by atoms with E-state index in [-0.39, 0.29) is 5.54 Å². The lowest BCUT2D eigenvalue weighted by Crippen LogP contribution is -2.35. The molecule has 2 heteroatoms. The summed E-state index contributed by atoms with van der Waals surface area (Å²) in [6.07, 6.45) is 7.45. The zero-order valence-corrected chi connectivity index (χ0v) is 10.8. The fraction of sp³-hybridized carbons (Fsp3) is 1.00. The third-order valence-corrected chi connectivity index (χ3v) is 2.75. The molecule has 0 amide bonds. The van der Waals surface area contributed by atoms with Crippen molar-refractivity contribution in [1.29, 1.82) is 0 Å². The summed E-state index contributed by atoms with van der Waals surface area (Å²) in [6, 6.07) is 0. The molecule has 2 N–H and O–H groups in total. The van der Waals surface area contributed by atoms with E-state index < -0.39 is 0 Å². The van der Waals surface area contributed by atoms with Gasteiger partial charge in [-0.2, -0.15) is 0 Å². The first-order valence-corrected chi connectivity index (χ1v) is 6.06. The van der Waals surface area contributed by atoms with Crippen LogP contribution in [0.3, 0.4) is 0 Å². The Morgan fingerprint density at radius 1 is 1.00 bits per heavy atom. The van der Waals surface area contributed by atoms with Crippen LogP contribution in [0.15, 0.2) is 0 Å². The Kier molecular flexibility index (Phi) is 5.81. The van der Waals surface area contributed by atoms with Gasteiger partial charge in [0.05, 0.1) is 0 Å². The molecule has 0 aromatic heterocycles. The van der Waals surface area contributed by atoms with Crippen molar-refractivity contribution in [3.63, 3.8) is 0 Å². The summed E-state index contributed by atoms with van der Waals surface area (Å²) in [6.45, 7) is 9.01. The van der Waals surface area contributed by atoms with E-state index in [1.807, 2.05) is 0 Å². The summed E-state index contributed by atoms with van der Waals surface area (Å²) < 4.78 is 0. The molecule has 0 saturated carbocycles. The fourth-order valence-corrected chi connectivity index (χ4v) is 1.88. The van der Waals surface area contributed by atoms with Crippen molar-refractivity contribution in [2.75, 3.05) is 0 Å². The highest BCUT2D eigenvalue weighted by Gasteiger charge is 2.17. The summed E-state index contributed by atoms with van der Waals surface area (Å²) in [5, 5.41) is 0.482. The second-order valence-corrected chi connectivity index (χ2v) is 6.17. The van der Waals surface area contributed by atoms with Crippen molar-refractivity contribution in [1.82, 2.24) is 0 Å². The van der Waals surface area contributed by atoms with Gasteiger partial charge in [0.25, 0.3) is 0 Å². The van der Waals surface area contributed by atoms with Crippen molar-refractivity contribution < 1.29 is 0 Å². The standard InChI is InChI=1S/C12H28BN/c1-5-8-12(4,14)10-7-6-9-11(2,3)13/h5-10,13-14H2,1-4H3. The molecule has 0 aromatic carbocycles. The highest BCUT2D eigenvalue weighted by Crippen LogP contribution is 2.27. The quantitative estimate of drug-likeness (QED) is 0.493. The van der Waals surface area contributed by atoms with E-state index in [1.165, 1.54) is 32.1 Å². The average Bonchev–Trinajstić information content (AvgIpc) is 1.96. The van der Waals surface area contributed by atoms with Gasteiger partial charge in [-0.15, -0.1) is 0 Å². The van der Waals surface area contributed by atoms with E-state index in [4.69, 9.17) is 5.73 Å². The zero-order chi connectivity index (χ0) is 11.2. The van der Waals surface area contributed by atoms with Gasteiger partial charge in [-0.05, 0) is 19.8 Å². The molecule has 1 atom stereocenters. The minimum absolute atomic E-state index is 0.0760. The van der Waals surface area contributed by atoms with Gasteiger partial charge in [0.1, 0.15) is 7.85 Å². The molecule has 0 radical (unpaired) electrons. The Hall–Kier alpha value is 0.0249. The Labute approximate surface area is 91.2 Å². The van der Waals surface area contributed by atoms with Crippen LogP contribution < -0.4 is 5.73 Å². The molecule has 0 saturated heterocycles. The second-order valence-electron chi connectivity index (χ2n) is 6.17. The summed E-state index contributed by atoms with van der Waals surface area (Å²) in [5.74, 6) is 0. The Morgan fingerprint density at radius 2 is 1.50 bits per heavy atom. The van der Waals surface area contributed by atoms with Gasteiger partial charge in [-0.1, -0.05) is 51.8 Å². The second kappa shape index (κ2) is 5.80. The van der Waals surface area contributed by atoms with Crippen LogP contribution in [0, 0.1) is 0 Å². The van der Waals surface area contributed by atoms with E-state index in [0.717, 1.165) is 6.42 Å². The van der Waals surface area contributed by atoms with E-state index in [0.29, 0.717) is 5.31 Å². The molecule has 0 heterocycles. The molecule has 0 aliphatic rings. The van der Waals surface area contributed by atoms with Gasteiger partial charge in [0, 0.05) is 5.54 Å². The fourth-order valence-electron chi connectivity index (χ4n) is 1.88. The minimum Gasteiger partial charge on any atom is -0.325 e. The van der Waals surface area contributed by atoms with Crippen LogP contribution in [0.4, 0.5) is 0 Å². The van der Waals surface area contributed by atoms with Crippen LogP contribution in [0.1, 0.15) is 66.2 Å². The van der Waals surface area contributed by atoms with E-state index >= 15 is 0 Å². The average molecular weight is 197 g/mol. The van der Waals surface area contributed by atoms with Crippen molar-refractivity contribution in [2.45, 2.75) is 77.1 Å². The highest BCUT2D eigenvalue weighted by atomic mass is 14.7. The van der Waals surface area contributed by atoms with E-state index in [2.05, 4.69) is 35.5 Å². The van der Waals surface area contributed by atoms with Crippen LogP contribution in [0.2, 0.25) is 5.31 Å². The Bertz CT molecular complexity index is 147. The van der Waals surface area contributed by atoms with Crippen molar-refractivity contribution in [2.24, 2.45) is 5.73 Å². The van der Waals surface area contributed by atoms with Crippen LogP contribution in [0.5, 0.6) is 0 Å². The predicted octanol–water partition coefficient (Wildman–Crippen LogP) is 2.90. The van der Waals surface area contributed by atoms with Crippen LogP contribution in [-0.4, -0.2) is 13.4 Å². The molecule has 1 unspecified atom stereocenters. The summed E-state index contributed by atoms with van der Waals surface area (Å²) >= 11 is 0. The molecule has 0 aliphatic heterocycles. The maximum absolute atomic E-state index is 6.18. The largest absolute Gasteiger partial charge is 0.325 e. The number of rotatable bonds is 7. The highest BCUT2D eigenvalue weighted by molar-refractivity contribution is 6.14. The Morgan fingerprint density at radius 3 is 1.93 bits per heavy atom. The number of nitrogens with two attached hydrogens (primary N) is 1. The van der Waals surface area contributed by atoms with Crippen LogP contribution >= 0.6 is 0 Å². The number of unbranched alkanes of at least 4 members (excludes halogenated alkanes) is 1. The number of hydrogen-bond acceptors (Lipinski definition) is 1. The van der Waals surface area contributed by atoms with Crippen molar-refractivity contribution >= 4 is 7.85 Å². The molecule has 0 bridgehead atoms. The molecular weight excluding hydrogens is 169 g/mol. The van der Waals surface area contributed by atoms with Crippen LogP contribution in [-0.2, 0) is 0 Å². The first-order valence-electron chi connectivity index (χ1n) is 6.06. The molecule has 0 rings (SSSR count). The normalized spacial score (nSPS) is 16.6. The number of hydrogen-bond donors (Lipinski definition) is 1. The molecule has 0 aromatic rings. The lowest BCUT2D eigenvalue weighted by molar-refractivity contribution is 0.373. The third kappa shape index (κ3) is 8.62.